The number of fused-ring (bicyclic) bond motifs is 2. The van der Waals surface area contributed by atoms with Crippen LogP contribution < -0.4 is 25.3 Å². The van der Waals surface area contributed by atoms with Gasteiger partial charge in [0.25, 0.3) is 5.91 Å². The third-order valence-corrected chi connectivity index (χ3v) is 9.87. The molecule has 2 atom stereocenters. The maximum atomic E-state index is 14.7. The van der Waals surface area contributed by atoms with Gasteiger partial charge in [0.05, 0.1) is 26.3 Å². The molecule has 282 valence electrons. The smallest absolute Gasteiger partial charge is 0.252 e. The van der Waals surface area contributed by atoms with Gasteiger partial charge in [-0.3, -0.25) is 14.4 Å². The second-order valence-electron chi connectivity index (χ2n) is 13.7. The molecule has 0 spiro atoms. The average molecular weight is 735 g/mol. The zero-order valence-corrected chi connectivity index (χ0v) is 29.8. The molecule has 3 aromatic carbocycles. The van der Waals surface area contributed by atoms with Crippen molar-refractivity contribution in [1.29, 1.82) is 0 Å². The van der Waals surface area contributed by atoms with Crippen molar-refractivity contribution in [3.05, 3.63) is 94.8 Å². The molecule has 3 aromatic rings. The minimum atomic E-state index is -1.35. The van der Waals surface area contributed by atoms with E-state index in [1.807, 2.05) is 53.4 Å². The van der Waals surface area contributed by atoms with E-state index < -0.39 is 35.2 Å². The molecule has 2 aliphatic heterocycles. The first-order valence-electron chi connectivity index (χ1n) is 18.1. The van der Waals surface area contributed by atoms with Crippen LogP contribution in [-0.2, 0) is 20.8 Å². The van der Waals surface area contributed by atoms with Crippen molar-refractivity contribution in [3.63, 3.8) is 0 Å². The molecule has 0 unspecified atom stereocenters. The number of rotatable bonds is 17. The number of carbonyl (C=O) groups is 3. The Balaban J connectivity index is 1.19. The minimum absolute atomic E-state index is 0.00515. The van der Waals surface area contributed by atoms with Gasteiger partial charge in [-0.1, -0.05) is 24.3 Å². The van der Waals surface area contributed by atoms with Crippen molar-refractivity contribution in [2.24, 2.45) is 5.73 Å². The third kappa shape index (κ3) is 9.50. The number of benzene rings is 3. The van der Waals surface area contributed by atoms with Crippen molar-refractivity contribution < 1.29 is 41.8 Å². The molecule has 1 saturated heterocycles. The number of ether oxygens (including phenoxy) is 3. The Morgan fingerprint density at radius 2 is 1.58 bits per heavy atom. The van der Waals surface area contributed by atoms with Crippen LogP contribution in [0.3, 0.4) is 0 Å². The predicted molar refractivity (Wildman–Crippen MR) is 192 cm³/mol. The number of halogens is 3. The van der Waals surface area contributed by atoms with Gasteiger partial charge in [-0.05, 0) is 91.6 Å². The van der Waals surface area contributed by atoms with Crippen LogP contribution in [0.4, 0.5) is 13.2 Å². The Labute approximate surface area is 307 Å². The van der Waals surface area contributed by atoms with Gasteiger partial charge >= 0.3 is 0 Å². The van der Waals surface area contributed by atoms with Gasteiger partial charge in [0, 0.05) is 43.6 Å². The Hall–Kier alpha value is -5.04. The lowest BCUT2D eigenvalue weighted by Gasteiger charge is -2.45. The second-order valence-corrected chi connectivity index (χ2v) is 13.7. The number of amides is 3. The van der Waals surface area contributed by atoms with Crippen LogP contribution in [0.25, 0.3) is 5.57 Å². The molecule has 0 aromatic heterocycles. The highest BCUT2D eigenvalue weighted by Crippen LogP contribution is 2.37. The average Bonchev–Trinajstić information content (AvgIpc) is 4.00. The number of hydrogen-bond acceptors (Lipinski definition) is 7. The fraction of sp³-hybridized carbons (Fsp3) is 0.425. The van der Waals surface area contributed by atoms with Crippen LogP contribution in [0.5, 0.6) is 17.2 Å². The Morgan fingerprint density at radius 1 is 0.868 bits per heavy atom. The van der Waals surface area contributed by atoms with Crippen LogP contribution >= 0.6 is 0 Å². The van der Waals surface area contributed by atoms with Crippen molar-refractivity contribution in [2.45, 2.75) is 69.5 Å². The van der Waals surface area contributed by atoms with Gasteiger partial charge in [0.2, 0.25) is 17.6 Å². The lowest BCUT2D eigenvalue weighted by atomic mass is 9.82. The summed E-state index contributed by atoms with van der Waals surface area (Å²) in [6.07, 6.45) is 4.04. The zero-order chi connectivity index (χ0) is 37.5. The fourth-order valence-electron chi connectivity index (χ4n) is 7.03. The molecule has 2 bridgehead atoms. The Bertz CT molecular complexity index is 1820. The van der Waals surface area contributed by atoms with E-state index in [2.05, 4.69) is 5.32 Å². The largest absolute Gasteiger partial charge is 0.497 e. The molecular formula is C40H45F3N4O6. The number of hydrogen-bond donors (Lipinski definition) is 2. The highest BCUT2D eigenvalue weighted by Gasteiger charge is 2.43. The summed E-state index contributed by atoms with van der Waals surface area (Å²) >= 11 is 0. The SMILES string of the molecule is COc1ccc(OCCN(C(=O)C2=C(c3ccc(CCCOc4c(F)ccc(F)c4F)cc3)C[C@@H]3CN(C(=O)CCCC(N)=O)C[C@H]2N3)C2CC2)cc1. The molecule has 0 radical (unpaired) electrons. The number of primary amides is 1. The number of nitrogens with two attached hydrogens (primary N) is 1. The standard InChI is InChI=1S/C40H45F3N4O6/c1-51-29-13-15-30(16-14-29)52-21-19-47(28-11-12-28)40(50)37-31(22-27-23-46(24-34(37)45-27)36(49)6-2-5-35(44)48)26-9-7-25(8-10-26)4-3-20-53-39-33(42)18-17-32(41)38(39)43/h7-10,13-18,27-28,34,45H,2-6,11-12,19-24H2,1H3,(H2,44,48)/t27-,34-/m1/s1. The number of aryl methyl sites for hydroxylation is 1. The number of nitrogens with zero attached hydrogens (tertiary/aromatic N) is 2. The van der Waals surface area contributed by atoms with Crippen molar-refractivity contribution >= 4 is 23.3 Å². The molecular weight excluding hydrogens is 689 g/mol. The summed E-state index contributed by atoms with van der Waals surface area (Å²) < 4.78 is 57.9. The second kappa shape index (κ2) is 17.2. The minimum Gasteiger partial charge on any atom is -0.497 e. The summed E-state index contributed by atoms with van der Waals surface area (Å²) in [6, 6.07) is 16.3. The maximum Gasteiger partial charge on any atom is 0.252 e. The van der Waals surface area contributed by atoms with Crippen molar-refractivity contribution in [3.8, 4) is 17.2 Å². The van der Waals surface area contributed by atoms with E-state index in [1.54, 1.807) is 12.0 Å². The van der Waals surface area contributed by atoms with E-state index in [0.717, 1.165) is 47.4 Å². The van der Waals surface area contributed by atoms with Crippen LogP contribution in [0.15, 0.2) is 66.2 Å². The quantitative estimate of drug-likeness (QED) is 0.145. The summed E-state index contributed by atoms with van der Waals surface area (Å²) in [4.78, 5) is 42.8. The molecule has 10 nitrogen and oxygen atoms in total. The molecule has 1 saturated carbocycles. The lowest BCUT2D eigenvalue weighted by molar-refractivity contribution is -0.134. The molecule has 3 amide bonds. The van der Waals surface area contributed by atoms with Gasteiger partial charge in [0.1, 0.15) is 18.1 Å². The molecule has 1 aliphatic carbocycles. The summed E-state index contributed by atoms with van der Waals surface area (Å²) in [6.45, 7) is 1.49. The van der Waals surface area contributed by atoms with E-state index in [0.29, 0.717) is 63.2 Å². The monoisotopic (exact) mass is 734 g/mol. The summed E-state index contributed by atoms with van der Waals surface area (Å²) in [5.41, 5.74) is 8.71. The third-order valence-electron chi connectivity index (χ3n) is 9.87. The van der Waals surface area contributed by atoms with Crippen molar-refractivity contribution in [1.82, 2.24) is 15.1 Å². The van der Waals surface area contributed by atoms with Gasteiger partial charge in [-0.15, -0.1) is 0 Å². The highest BCUT2D eigenvalue weighted by atomic mass is 19.2. The first-order chi connectivity index (χ1) is 25.6. The Morgan fingerprint density at radius 3 is 2.28 bits per heavy atom. The number of nitrogens with one attached hydrogen (secondary N) is 1. The van der Waals surface area contributed by atoms with Crippen LogP contribution in [0.1, 0.15) is 56.1 Å². The molecule has 3 N–H and O–H groups in total. The van der Waals surface area contributed by atoms with E-state index in [9.17, 15) is 27.6 Å². The molecule has 2 heterocycles. The summed E-state index contributed by atoms with van der Waals surface area (Å²) in [5.74, 6) is -3.40. The van der Waals surface area contributed by atoms with E-state index >= 15 is 0 Å². The van der Waals surface area contributed by atoms with E-state index in [1.165, 1.54) is 0 Å². The fourth-order valence-corrected chi connectivity index (χ4v) is 7.03. The van der Waals surface area contributed by atoms with E-state index in [-0.39, 0.29) is 43.3 Å². The van der Waals surface area contributed by atoms with Crippen molar-refractivity contribution in [2.75, 3.05) is 40.0 Å². The first-order valence-corrected chi connectivity index (χ1v) is 18.1. The highest BCUT2D eigenvalue weighted by molar-refractivity contribution is 6.03. The maximum absolute atomic E-state index is 14.7. The topological polar surface area (TPSA) is 123 Å². The molecule has 6 rings (SSSR count). The summed E-state index contributed by atoms with van der Waals surface area (Å²) in [5, 5.41) is 3.61. The van der Waals surface area contributed by atoms with E-state index in [4.69, 9.17) is 19.9 Å². The number of methoxy groups -OCH3 is 1. The predicted octanol–water partition coefficient (Wildman–Crippen LogP) is 5.18. The van der Waals surface area contributed by atoms with Crippen LogP contribution in [0, 0.1) is 17.5 Å². The van der Waals surface area contributed by atoms with Gasteiger partial charge < -0.3 is 35.1 Å². The molecule has 53 heavy (non-hydrogen) atoms. The molecule has 3 aliphatic rings. The molecule has 2 fully saturated rings. The van der Waals surface area contributed by atoms with Crippen LogP contribution in [0.2, 0.25) is 0 Å². The van der Waals surface area contributed by atoms with Gasteiger partial charge in [0.15, 0.2) is 17.4 Å². The zero-order valence-electron chi connectivity index (χ0n) is 29.8. The van der Waals surface area contributed by atoms with Gasteiger partial charge in [-0.25, -0.2) is 8.78 Å². The van der Waals surface area contributed by atoms with Crippen LogP contribution in [-0.4, -0.2) is 85.6 Å². The normalized spacial score (nSPS) is 18.1. The van der Waals surface area contributed by atoms with Gasteiger partial charge in [-0.2, -0.15) is 4.39 Å². The summed E-state index contributed by atoms with van der Waals surface area (Å²) in [7, 11) is 1.60. The lowest BCUT2D eigenvalue weighted by Crippen LogP contribution is -2.62. The Kier molecular flexibility index (Phi) is 12.2. The molecule has 13 heteroatoms. The number of carbonyl (C=O) groups excluding carboxylic acids is 3. The first kappa shape index (κ1) is 37.7. The number of piperazine rings is 1.